The normalized spacial score (nSPS) is 10.7. The molecule has 0 aliphatic rings. The standard InChI is InChI=1S/C16H12Cl3N5OS/c17-10-3-1-9(2-4-10)15-22-23-16(24(15)20)26-8-14(25)21-13-6-11(18)5-12(19)7-13/h1-7H,8,20H2,(H,21,25). The second kappa shape index (κ2) is 8.18. The van der Waals surface area contributed by atoms with E-state index in [1.165, 1.54) is 4.68 Å². The first-order valence-corrected chi connectivity index (χ1v) is 9.39. The maximum Gasteiger partial charge on any atom is 0.234 e. The van der Waals surface area contributed by atoms with Gasteiger partial charge in [0.05, 0.1) is 5.75 Å². The van der Waals surface area contributed by atoms with E-state index < -0.39 is 0 Å². The summed E-state index contributed by atoms with van der Waals surface area (Å²) in [5.41, 5.74) is 1.29. The maximum atomic E-state index is 12.1. The van der Waals surface area contributed by atoms with Crippen molar-refractivity contribution in [2.24, 2.45) is 0 Å². The van der Waals surface area contributed by atoms with Crippen LogP contribution in [0.5, 0.6) is 0 Å². The van der Waals surface area contributed by atoms with Crippen molar-refractivity contribution in [3.63, 3.8) is 0 Å². The number of rotatable bonds is 5. The number of aromatic nitrogens is 3. The molecule has 0 aliphatic carbocycles. The van der Waals surface area contributed by atoms with E-state index in [-0.39, 0.29) is 11.7 Å². The Bertz CT molecular complexity index is 925. The van der Waals surface area contributed by atoms with Crippen molar-refractivity contribution in [2.75, 3.05) is 16.9 Å². The number of nitrogens with zero attached hydrogens (tertiary/aromatic N) is 3. The fourth-order valence-electron chi connectivity index (χ4n) is 2.12. The number of halogens is 3. The molecule has 0 saturated heterocycles. The zero-order chi connectivity index (χ0) is 18.7. The molecule has 6 nitrogen and oxygen atoms in total. The highest BCUT2D eigenvalue weighted by Crippen LogP contribution is 2.24. The van der Waals surface area contributed by atoms with Crippen molar-refractivity contribution in [3.8, 4) is 11.4 Å². The van der Waals surface area contributed by atoms with Gasteiger partial charge in [-0.1, -0.05) is 46.6 Å². The van der Waals surface area contributed by atoms with Crippen LogP contribution in [0.1, 0.15) is 0 Å². The molecule has 0 fully saturated rings. The van der Waals surface area contributed by atoms with Crippen LogP contribution in [-0.2, 0) is 4.79 Å². The van der Waals surface area contributed by atoms with Gasteiger partial charge in [0.25, 0.3) is 0 Å². The summed E-state index contributed by atoms with van der Waals surface area (Å²) in [4.78, 5) is 12.1. The van der Waals surface area contributed by atoms with Crippen LogP contribution in [-0.4, -0.2) is 26.5 Å². The smallest absolute Gasteiger partial charge is 0.234 e. The zero-order valence-corrected chi connectivity index (χ0v) is 16.2. The van der Waals surface area contributed by atoms with E-state index >= 15 is 0 Å². The Morgan fingerprint density at radius 1 is 1.04 bits per heavy atom. The number of amides is 1. The lowest BCUT2D eigenvalue weighted by atomic mass is 10.2. The maximum absolute atomic E-state index is 12.1. The number of nitrogen functional groups attached to an aromatic ring is 1. The predicted molar refractivity (Wildman–Crippen MR) is 106 cm³/mol. The molecular weight excluding hydrogens is 417 g/mol. The number of anilines is 1. The molecule has 1 amide bonds. The Hall–Kier alpha value is -1.93. The summed E-state index contributed by atoms with van der Waals surface area (Å²) < 4.78 is 1.33. The lowest BCUT2D eigenvalue weighted by molar-refractivity contribution is -0.113. The Balaban J connectivity index is 1.64. The molecule has 0 unspecified atom stereocenters. The van der Waals surface area contributed by atoms with Crippen molar-refractivity contribution in [3.05, 3.63) is 57.5 Å². The summed E-state index contributed by atoms with van der Waals surface area (Å²) in [6.07, 6.45) is 0. The Morgan fingerprint density at radius 2 is 1.69 bits per heavy atom. The average molecular weight is 429 g/mol. The average Bonchev–Trinajstić information content (AvgIpc) is 2.93. The van der Waals surface area contributed by atoms with Crippen molar-refractivity contribution >= 4 is 58.2 Å². The third kappa shape index (κ3) is 4.62. The molecule has 2 aromatic carbocycles. The van der Waals surface area contributed by atoms with Crippen LogP contribution >= 0.6 is 46.6 Å². The minimum Gasteiger partial charge on any atom is -0.335 e. The van der Waals surface area contributed by atoms with Crippen LogP contribution in [0.15, 0.2) is 47.6 Å². The molecule has 3 aromatic rings. The van der Waals surface area contributed by atoms with Gasteiger partial charge < -0.3 is 11.2 Å². The van der Waals surface area contributed by atoms with Gasteiger partial charge in [-0.3, -0.25) is 4.79 Å². The monoisotopic (exact) mass is 427 g/mol. The van der Waals surface area contributed by atoms with Crippen LogP contribution in [0.2, 0.25) is 15.1 Å². The molecule has 134 valence electrons. The fraction of sp³-hybridized carbons (Fsp3) is 0.0625. The molecule has 0 spiro atoms. The van der Waals surface area contributed by atoms with Gasteiger partial charge in [0.1, 0.15) is 0 Å². The number of nitrogens with one attached hydrogen (secondary N) is 1. The predicted octanol–water partition coefficient (Wildman–Crippen LogP) is 4.35. The topological polar surface area (TPSA) is 85.8 Å². The molecule has 0 atom stereocenters. The molecular formula is C16H12Cl3N5OS. The van der Waals surface area contributed by atoms with Gasteiger partial charge in [0, 0.05) is 26.3 Å². The molecule has 1 aromatic heterocycles. The number of carbonyl (C=O) groups is 1. The van der Waals surface area contributed by atoms with Crippen LogP contribution < -0.4 is 11.2 Å². The van der Waals surface area contributed by atoms with Crippen molar-refractivity contribution in [2.45, 2.75) is 5.16 Å². The van der Waals surface area contributed by atoms with Crippen LogP contribution in [0, 0.1) is 0 Å². The summed E-state index contributed by atoms with van der Waals surface area (Å²) in [7, 11) is 0. The summed E-state index contributed by atoms with van der Waals surface area (Å²) in [5.74, 6) is 6.35. The Labute approximate surface area is 168 Å². The highest BCUT2D eigenvalue weighted by molar-refractivity contribution is 7.99. The quantitative estimate of drug-likeness (QED) is 0.466. The van der Waals surface area contributed by atoms with Gasteiger partial charge in [-0.2, -0.15) is 0 Å². The summed E-state index contributed by atoms with van der Waals surface area (Å²) in [6, 6.07) is 11.9. The number of carbonyl (C=O) groups excluding carboxylic acids is 1. The van der Waals surface area contributed by atoms with Gasteiger partial charge in [-0.05, 0) is 42.5 Å². The van der Waals surface area contributed by atoms with Crippen LogP contribution in [0.3, 0.4) is 0 Å². The van der Waals surface area contributed by atoms with Crippen LogP contribution in [0.25, 0.3) is 11.4 Å². The SMILES string of the molecule is Nn1c(SCC(=O)Nc2cc(Cl)cc(Cl)c2)nnc1-c1ccc(Cl)cc1. The van der Waals surface area contributed by atoms with E-state index in [4.69, 9.17) is 40.6 Å². The molecule has 3 rings (SSSR count). The van der Waals surface area contributed by atoms with E-state index in [9.17, 15) is 4.79 Å². The highest BCUT2D eigenvalue weighted by Gasteiger charge is 2.14. The molecule has 0 bridgehead atoms. The van der Waals surface area contributed by atoms with Gasteiger partial charge in [-0.15, -0.1) is 10.2 Å². The van der Waals surface area contributed by atoms with Crippen molar-refractivity contribution < 1.29 is 4.79 Å². The van der Waals surface area contributed by atoms with Crippen molar-refractivity contribution in [1.29, 1.82) is 0 Å². The Kier molecular flexibility index (Phi) is 5.93. The molecule has 10 heteroatoms. The lowest BCUT2D eigenvalue weighted by Crippen LogP contribution is -2.16. The number of nitrogens with two attached hydrogens (primary N) is 1. The van der Waals surface area contributed by atoms with Gasteiger partial charge in [0.2, 0.25) is 11.1 Å². The third-order valence-corrected chi connectivity index (χ3v) is 4.88. The zero-order valence-electron chi connectivity index (χ0n) is 13.1. The minimum atomic E-state index is -0.246. The number of benzene rings is 2. The summed E-state index contributed by atoms with van der Waals surface area (Å²) in [6.45, 7) is 0. The first kappa shape index (κ1) is 18.8. The number of thioether (sulfide) groups is 1. The largest absolute Gasteiger partial charge is 0.335 e. The molecule has 26 heavy (non-hydrogen) atoms. The van der Waals surface area contributed by atoms with Crippen molar-refractivity contribution in [1.82, 2.24) is 14.9 Å². The number of hydrogen-bond acceptors (Lipinski definition) is 5. The van der Waals surface area contributed by atoms with Gasteiger partial charge >= 0.3 is 0 Å². The Morgan fingerprint density at radius 3 is 2.35 bits per heavy atom. The molecule has 0 saturated carbocycles. The summed E-state index contributed by atoms with van der Waals surface area (Å²) in [5, 5.41) is 12.7. The van der Waals surface area contributed by atoms with E-state index in [0.717, 1.165) is 17.3 Å². The minimum absolute atomic E-state index is 0.0973. The van der Waals surface area contributed by atoms with E-state index in [2.05, 4.69) is 15.5 Å². The molecule has 1 heterocycles. The van der Waals surface area contributed by atoms with Crippen LogP contribution in [0.4, 0.5) is 5.69 Å². The number of hydrogen-bond donors (Lipinski definition) is 2. The van der Waals surface area contributed by atoms with E-state index in [0.29, 0.717) is 31.7 Å². The summed E-state index contributed by atoms with van der Waals surface area (Å²) >= 11 is 18.9. The molecule has 0 aliphatic heterocycles. The third-order valence-electron chi connectivity index (χ3n) is 3.25. The second-order valence-corrected chi connectivity index (χ2v) is 7.43. The molecule has 3 N–H and O–H groups in total. The fourth-order valence-corrected chi connectivity index (χ4v) is 3.43. The lowest BCUT2D eigenvalue weighted by Gasteiger charge is -2.06. The second-order valence-electron chi connectivity index (χ2n) is 5.18. The van der Waals surface area contributed by atoms with Gasteiger partial charge in [-0.25, -0.2) is 4.68 Å². The highest BCUT2D eigenvalue weighted by atomic mass is 35.5. The first-order valence-electron chi connectivity index (χ1n) is 7.27. The van der Waals surface area contributed by atoms with E-state index in [1.807, 2.05) is 0 Å². The van der Waals surface area contributed by atoms with E-state index in [1.54, 1.807) is 42.5 Å². The van der Waals surface area contributed by atoms with Gasteiger partial charge in [0.15, 0.2) is 5.82 Å². The first-order chi connectivity index (χ1) is 12.4. The molecule has 0 radical (unpaired) electrons.